The SMILES string of the molecule is COc1ccccc1-c1ccc(=O)n(CC(=O)N2CCN(c3ccc(-c4cccnc4)nn3)CC2)n1. The molecular weight excluding hydrogens is 458 g/mol. The summed E-state index contributed by atoms with van der Waals surface area (Å²) >= 11 is 0. The number of para-hydroxylation sites is 1. The lowest BCUT2D eigenvalue weighted by molar-refractivity contribution is -0.132. The summed E-state index contributed by atoms with van der Waals surface area (Å²) in [5.74, 6) is 1.26. The quantitative estimate of drug-likeness (QED) is 0.411. The van der Waals surface area contributed by atoms with Crippen LogP contribution in [0.15, 0.2) is 77.9 Å². The molecule has 10 heteroatoms. The predicted octanol–water partition coefficient (Wildman–Crippen LogP) is 2.12. The summed E-state index contributed by atoms with van der Waals surface area (Å²) in [4.78, 5) is 33.4. The summed E-state index contributed by atoms with van der Waals surface area (Å²) in [6, 6.07) is 18.1. The second-order valence-corrected chi connectivity index (χ2v) is 8.30. The van der Waals surface area contributed by atoms with E-state index in [1.54, 1.807) is 30.5 Å². The van der Waals surface area contributed by atoms with E-state index in [9.17, 15) is 9.59 Å². The molecule has 1 saturated heterocycles. The van der Waals surface area contributed by atoms with Gasteiger partial charge in [0.2, 0.25) is 5.91 Å². The minimum Gasteiger partial charge on any atom is -0.496 e. The van der Waals surface area contributed by atoms with Crippen molar-refractivity contribution < 1.29 is 9.53 Å². The van der Waals surface area contributed by atoms with Crippen LogP contribution in [0.1, 0.15) is 0 Å². The minimum atomic E-state index is -0.329. The van der Waals surface area contributed by atoms with Gasteiger partial charge < -0.3 is 14.5 Å². The highest BCUT2D eigenvalue weighted by molar-refractivity contribution is 5.76. The minimum absolute atomic E-state index is 0.124. The summed E-state index contributed by atoms with van der Waals surface area (Å²) in [6.45, 7) is 2.16. The number of hydrogen-bond donors (Lipinski definition) is 0. The van der Waals surface area contributed by atoms with Gasteiger partial charge in [0, 0.05) is 55.8 Å². The molecule has 5 rings (SSSR count). The topological polar surface area (TPSA) is 106 Å². The van der Waals surface area contributed by atoms with E-state index < -0.39 is 0 Å². The summed E-state index contributed by atoms with van der Waals surface area (Å²) in [6.07, 6.45) is 3.47. The van der Waals surface area contributed by atoms with Crippen molar-refractivity contribution in [3.8, 4) is 28.3 Å². The van der Waals surface area contributed by atoms with Crippen molar-refractivity contribution in [1.82, 2.24) is 29.9 Å². The summed E-state index contributed by atoms with van der Waals surface area (Å²) < 4.78 is 6.61. The second kappa shape index (κ2) is 10.3. The average Bonchev–Trinajstić information content (AvgIpc) is 2.95. The summed E-state index contributed by atoms with van der Waals surface area (Å²) in [5.41, 5.74) is 2.66. The van der Waals surface area contributed by atoms with E-state index in [-0.39, 0.29) is 18.0 Å². The molecule has 0 radical (unpaired) electrons. The molecule has 1 fully saturated rings. The zero-order valence-corrected chi connectivity index (χ0v) is 19.8. The molecule has 10 nitrogen and oxygen atoms in total. The Morgan fingerprint density at radius 3 is 2.44 bits per heavy atom. The van der Waals surface area contributed by atoms with E-state index in [1.165, 1.54) is 10.7 Å². The van der Waals surface area contributed by atoms with Crippen LogP contribution >= 0.6 is 0 Å². The average molecular weight is 484 g/mol. The number of benzene rings is 1. The molecule has 1 aliphatic rings. The highest BCUT2D eigenvalue weighted by Crippen LogP contribution is 2.27. The third-order valence-electron chi connectivity index (χ3n) is 6.10. The number of methoxy groups -OCH3 is 1. The number of rotatable bonds is 6. The Labute approximate surface area is 207 Å². The van der Waals surface area contributed by atoms with Crippen molar-refractivity contribution in [3.05, 3.63) is 83.4 Å². The molecule has 36 heavy (non-hydrogen) atoms. The van der Waals surface area contributed by atoms with Crippen LogP contribution in [0.2, 0.25) is 0 Å². The molecule has 0 spiro atoms. The number of amides is 1. The van der Waals surface area contributed by atoms with Gasteiger partial charge in [0.1, 0.15) is 12.3 Å². The van der Waals surface area contributed by atoms with Gasteiger partial charge in [-0.25, -0.2) is 4.68 Å². The Bertz CT molecular complexity index is 1400. The van der Waals surface area contributed by atoms with Crippen molar-refractivity contribution >= 4 is 11.7 Å². The Morgan fingerprint density at radius 2 is 1.72 bits per heavy atom. The van der Waals surface area contributed by atoms with Gasteiger partial charge in [0.25, 0.3) is 5.56 Å². The fourth-order valence-corrected chi connectivity index (χ4v) is 4.14. The summed E-state index contributed by atoms with van der Waals surface area (Å²) in [5, 5.41) is 13.1. The first-order valence-electron chi connectivity index (χ1n) is 11.6. The lowest BCUT2D eigenvalue weighted by Gasteiger charge is -2.35. The lowest BCUT2D eigenvalue weighted by Crippen LogP contribution is -2.50. The first-order valence-corrected chi connectivity index (χ1v) is 11.6. The first kappa shape index (κ1) is 23.2. The molecule has 1 aliphatic heterocycles. The number of anilines is 1. The van der Waals surface area contributed by atoms with Crippen molar-refractivity contribution in [2.75, 3.05) is 38.2 Å². The Morgan fingerprint density at radius 1 is 0.917 bits per heavy atom. The van der Waals surface area contributed by atoms with E-state index in [0.29, 0.717) is 37.6 Å². The molecule has 3 aromatic heterocycles. The number of carbonyl (C=O) groups is 1. The predicted molar refractivity (Wildman–Crippen MR) is 135 cm³/mol. The van der Waals surface area contributed by atoms with Gasteiger partial charge >= 0.3 is 0 Å². The van der Waals surface area contributed by atoms with E-state index in [1.807, 2.05) is 48.5 Å². The molecular formula is C26H25N7O3. The van der Waals surface area contributed by atoms with Crippen LogP contribution in [0.25, 0.3) is 22.5 Å². The van der Waals surface area contributed by atoms with Gasteiger partial charge in [-0.05, 0) is 42.5 Å². The molecule has 182 valence electrons. The van der Waals surface area contributed by atoms with Gasteiger partial charge in [-0.2, -0.15) is 5.10 Å². The number of piperazine rings is 1. The zero-order chi connectivity index (χ0) is 24.9. The van der Waals surface area contributed by atoms with Crippen LogP contribution in [-0.2, 0) is 11.3 Å². The Hall–Kier alpha value is -4.60. The molecule has 1 amide bonds. The number of hydrogen-bond acceptors (Lipinski definition) is 8. The van der Waals surface area contributed by atoms with E-state index >= 15 is 0 Å². The second-order valence-electron chi connectivity index (χ2n) is 8.30. The highest BCUT2D eigenvalue weighted by atomic mass is 16.5. The van der Waals surface area contributed by atoms with Gasteiger partial charge in [0.15, 0.2) is 5.82 Å². The molecule has 4 aromatic rings. The van der Waals surface area contributed by atoms with E-state index in [4.69, 9.17) is 4.74 Å². The number of nitrogens with zero attached hydrogens (tertiary/aromatic N) is 7. The van der Waals surface area contributed by atoms with Crippen molar-refractivity contribution in [3.63, 3.8) is 0 Å². The summed E-state index contributed by atoms with van der Waals surface area (Å²) in [7, 11) is 1.58. The largest absolute Gasteiger partial charge is 0.496 e. The molecule has 1 aromatic carbocycles. The maximum atomic E-state index is 13.0. The van der Waals surface area contributed by atoms with Crippen LogP contribution in [0.5, 0.6) is 5.75 Å². The van der Waals surface area contributed by atoms with Crippen LogP contribution < -0.4 is 15.2 Å². The van der Waals surface area contributed by atoms with Gasteiger partial charge in [-0.15, -0.1) is 10.2 Å². The number of aromatic nitrogens is 5. The standard InChI is InChI=1S/C26H25N7O3/c1-36-23-7-3-2-6-20(23)22-9-11-25(34)33(30-22)18-26(35)32-15-13-31(14-16-32)24-10-8-21(28-29-24)19-5-4-12-27-17-19/h2-12,17H,13-16,18H2,1H3. The van der Waals surface area contributed by atoms with Crippen LogP contribution in [0.3, 0.4) is 0 Å². The fraction of sp³-hybridized carbons (Fsp3) is 0.231. The van der Waals surface area contributed by atoms with Gasteiger partial charge in [-0.3, -0.25) is 14.6 Å². The van der Waals surface area contributed by atoms with Crippen molar-refractivity contribution in [2.24, 2.45) is 0 Å². The smallest absolute Gasteiger partial charge is 0.267 e. The molecule has 0 saturated carbocycles. The normalized spacial score (nSPS) is 13.5. The third kappa shape index (κ3) is 4.92. The fourth-order valence-electron chi connectivity index (χ4n) is 4.14. The first-order chi connectivity index (χ1) is 17.6. The van der Waals surface area contributed by atoms with Crippen LogP contribution in [0, 0.1) is 0 Å². The molecule has 0 unspecified atom stereocenters. The monoisotopic (exact) mass is 483 g/mol. The number of carbonyl (C=O) groups excluding carboxylic acids is 1. The molecule has 0 atom stereocenters. The third-order valence-corrected chi connectivity index (χ3v) is 6.10. The maximum absolute atomic E-state index is 13.0. The number of pyridine rings is 1. The van der Waals surface area contributed by atoms with Crippen LogP contribution in [-0.4, -0.2) is 69.1 Å². The molecule has 0 aliphatic carbocycles. The van der Waals surface area contributed by atoms with Crippen molar-refractivity contribution in [2.45, 2.75) is 6.54 Å². The molecule has 4 heterocycles. The molecule has 0 bridgehead atoms. The van der Waals surface area contributed by atoms with E-state index in [2.05, 4.69) is 25.2 Å². The molecule has 0 N–H and O–H groups in total. The Kier molecular flexibility index (Phi) is 6.65. The maximum Gasteiger partial charge on any atom is 0.267 e. The Balaban J connectivity index is 1.22. The number of ether oxygens (including phenoxy) is 1. The highest BCUT2D eigenvalue weighted by Gasteiger charge is 2.23. The van der Waals surface area contributed by atoms with Gasteiger partial charge in [-0.1, -0.05) is 12.1 Å². The van der Waals surface area contributed by atoms with Gasteiger partial charge in [0.05, 0.1) is 18.5 Å². The lowest BCUT2D eigenvalue weighted by atomic mass is 10.1. The van der Waals surface area contributed by atoms with Crippen molar-refractivity contribution in [1.29, 1.82) is 0 Å². The van der Waals surface area contributed by atoms with E-state index in [0.717, 1.165) is 22.6 Å². The van der Waals surface area contributed by atoms with Crippen LogP contribution in [0.4, 0.5) is 5.82 Å². The zero-order valence-electron chi connectivity index (χ0n) is 19.8.